The van der Waals surface area contributed by atoms with Crippen LogP contribution in [0.5, 0.6) is 0 Å². The minimum Gasteiger partial charge on any atom is -0.325 e. The second-order valence-electron chi connectivity index (χ2n) is 18.7. The maximum Gasteiger partial charge on any atom is 0.330 e. The molecule has 0 saturated heterocycles. The molecule has 8 aromatic rings. The molecule has 6 heterocycles. The fourth-order valence-electron chi connectivity index (χ4n) is 9.37. The Hall–Kier alpha value is -8.34. The molecule has 2 aliphatic rings. The molecule has 0 spiro atoms. The zero-order valence-electron chi connectivity index (χ0n) is 42.7. The van der Waals surface area contributed by atoms with Crippen LogP contribution in [-0.2, 0) is 55.7 Å². The number of nitrogens with one attached hydrogen (secondary N) is 4. The molecule has 0 radical (unpaired) electrons. The van der Waals surface area contributed by atoms with E-state index in [-0.39, 0.29) is 35.6 Å². The Kier molecular flexibility index (Phi) is 16.3. The SMILES string of the molecule is CC1Cc2cccnc2N1S(=O)(=O)NC(=O)N[C@@H](Cc1cc(F)cc(F)c1)C(=O)N(C)c1ccc2scnc2c1.CC1Cc2cccnc2N1S(=O)(=O)NC(=O)N[C@@H](Cc1cc(F)cc(F)c1)C(=O)N(C)c1ccc2scnc2c1. The lowest BCUT2D eigenvalue weighted by Gasteiger charge is -2.27. The van der Waals surface area contributed by atoms with Gasteiger partial charge in [-0.1, -0.05) is 12.1 Å². The maximum absolute atomic E-state index is 13.9. The molecule has 4 N–H and O–H groups in total. The Morgan fingerprint density at radius 1 is 0.575 bits per heavy atom. The van der Waals surface area contributed by atoms with Crippen LogP contribution in [0.3, 0.4) is 0 Å². The van der Waals surface area contributed by atoms with Crippen molar-refractivity contribution in [2.75, 3.05) is 32.5 Å². The summed E-state index contributed by atoms with van der Waals surface area (Å²) in [6.07, 6.45) is 3.10. The number of hydrogen-bond donors (Lipinski definition) is 4. The summed E-state index contributed by atoms with van der Waals surface area (Å²) >= 11 is 2.86. The molecule has 0 saturated carbocycles. The number of nitrogens with zero attached hydrogens (tertiary/aromatic N) is 8. The van der Waals surface area contributed by atoms with Gasteiger partial charge in [0.15, 0.2) is 0 Å². The summed E-state index contributed by atoms with van der Waals surface area (Å²) in [5.41, 5.74) is 7.18. The summed E-state index contributed by atoms with van der Waals surface area (Å²) in [7, 11) is -5.88. The van der Waals surface area contributed by atoms with Crippen molar-refractivity contribution in [2.24, 2.45) is 0 Å². The fourth-order valence-corrected chi connectivity index (χ4v) is 13.3. The molecule has 416 valence electrons. The number of rotatable bonds is 14. The van der Waals surface area contributed by atoms with E-state index in [0.717, 1.165) is 42.3 Å². The van der Waals surface area contributed by atoms with Gasteiger partial charge in [-0.3, -0.25) is 9.59 Å². The van der Waals surface area contributed by atoms with Gasteiger partial charge >= 0.3 is 32.5 Å². The highest BCUT2D eigenvalue weighted by Crippen LogP contribution is 2.33. The summed E-state index contributed by atoms with van der Waals surface area (Å²) in [5.74, 6) is -4.31. The molecular weight excluding hydrogens is 1120 g/mol. The number of urea groups is 2. The molecule has 2 unspecified atom stereocenters. The maximum atomic E-state index is 13.9. The zero-order valence-corrected chi connectivity index (χ0v) is 45.9. The molecule has 4 aromatic carbocycles. The molecule has 0 bridgehead atoms. The second kappa shape index (κ2) is 23.2. The van der Waals surface area contributed by atoms with Gasteiger partial charge < -0.3 is 20.4 Å². The first-order valence-corrected chi connectivity index (χ1v) is 28.9. The monoisotopic (exact) mass is 1170 g/mol. The Bertz CT molecular complexity index is 3640. The molecule has 80 heavy (non-hydrogen) atoms. The van der Waals surface area contributed by atoms with E-state index in [9.17, 15) is 53.6 Å². The number of halogens is 4. The van der Waals surface area contributed by atoms with Crippen LogP contribution in [-0.4, -0.2) is 98.9 Å². The largest absolute Gasteiger partial charge is 0.330 e. The fraction of sp³-hybridized carbons (Fsp3) is 0.231. The topological polar surface area (TPSA) is 249 Å². The van der Waals surface area contributed by atoms with Crippen LogP contribution in [0, 0.1) is 23.3 Å². The third kappa shape index (κ3) is 12.6. The van der Waals surface area contributed by atoms with Gasteiger partial charge in [-0.25, -0.2) is 65.1 Å². The number of anilines is 4. The van der Waals surface area contributed by atoms with E-state index in [1.165, 1.54) is 59.0 Å². The van der Waals surface area contributed by atoms with Gasteiger partial charge in [-0.2, -0.15) is 16.8 Å². The molecule has 20 nitrogen and oxygen atoms in total. The van der Waals surface area contributed by atoms with E-state index >= 15 is 0 Å². The Morgan fingerprint density at radius 3 is 1.32 bits per heavy atom. The van der Waals surface area contributed by atoms with Crippen molar-refractivity contribution < 1.29 is 53.6 Å². The summed E-state index contributed by atoms with van der Waals surface area (Å²) in [6, 6.07) is 16.6. The highest BCUT2D eigenvalue weighted by atomic mass is 32.2. The van der Waals surface area contributed by atoms with Gasteiger partial charge in [0, 0.05) is 74.9 Å². The number of aromatic nitrogens is 4. The number of carbonyl (C=O) groups is 4. The molecule has 4 aromatic heterocycles. The lowest BCUT2D eigenvalue weighted by molar-refractivity contribution is -0.120. The molecule has 4 atom stereocenters. The third-order valence-electron chi connectivity index (χ3n) is 12.9. The van der Waals surface area contributed by atoms with Crippen LogP contribution in [0.15, 0.2) is 120 Å². The predicted octanol–water partition coefficient (Wildman–Crippen LogP) is 7.08. The smallest absolute Gasteiger partial charge is 0.325 e. The van der Waals surface area contributed by atoms with Crippen molar-refractivity contribution in [3.8, 4) is 0 Å². The third-order valence-corrected chi connectivity index (χ3v) is 17.5. The number of likely N-dealkylation sites (N-methyl/N-ethyl adjacent to an activating group) is 2. The van der Waals surface area contributed by atoms with Crippen LogP contribution in [0.1, 0.15) is 36.1 Å². The molecule has 28 heteroatoms. The average molecular weight is 1170 g/mol. The average Bonchev–Trinajstić information content (AvgIpc) is 4.24. The van der Waals surface area contributed by atoms with Gasteiger partial charge in [-0.15, -0.1) is 22.7 Å². The number of hydrogen-bond acceptors (Lipinski definition) is 14. The Balaban J connectivity index is 0.000000194. The van der Waals surface area contributed by atoms with E-state index in [1.807, 2.05) is 9.44 Å². The predicted molar refractivity (Wildman–Crippen MR) is 295 cm³/mol. The number of amides is 6. The lowest BCUT2D eigenvalue weighted by Crippen LogP contribution is -2.55. The highest BCUT2D eigenvalue weighted by molar-refractivity contribution is 7.91. The minimum absolute atomic E-state index is 0.0913. The van der Waals surface area contributed by atoms with Crippen molar-refractivity contribution >= 4 is 110 Å². The summed E-state index contributed by atoms with van der Waals surface area (Å²) in [4.78, 5) is 72.4. The van der Waals surface area contributed by atoms with Crippen LogP contribution in [0.2, 0.25) is 0 Å². The quantitative estimate of drug-likeness (QED) is 0.0798. The lowest BCUT2D eigenvalue weighted by atomic mass is 10.0. The first-order chi connectivity index (χ1) is 38.0. The van der Waals surface area contributed by atoms with Crippen LogP contribution in [0.25, 0.3) is 20.4 Å². The molecule has 2 aliphatic heterocycles. The summed E-state index contributed by atoms with van der Waals surface area (Å²) in [5, 5.41) is 4.76. The highest BCUT2D eigenvalue weighted by Gasteiger charge is 2.40. The number of pyridine rings is 2. The molecule has 0 aliphatic carbocycles. The number of thiazole rings is 2. The molecule has 0 fully saturated rings. The number of fused-ring (bicyclic) bond motifs is 4. The van der Waals surface area contributed by atoms with Crippen molar-refractivity contribution in [2.45, 2.75) is 63.7 Å². The van der Waals surface area contributed by atoms with Crippen LogP contribution in [0.4, 0.5) is 50.2 Å². The van der Waals surface area contributed by atoms with Crippen molar-refractivity contribution in [3.63, 3.8) is 0 Å². The van der Waals surface area contributed by atoms with Crippen molar-refractivity contribution in [1.82, 2.24) is 40.0 Å². The Labute approximate surface area is 463 Å². The first kappa shape index (κ1) is 56.4. The summed E-state index contributed by atoms with van der Waals surface area (Å²) in [6.45, 7) is 3.36. The van der Waals surface area contributed by atoms with Crippen molar-refractivity contribution in [1.29, 1.82) is 0 Å². The second-order valence-corrected chi connectivity index (χ2v) is 23.6. The van der Waals surface area contributed by atoms with E-state index in [2.05, 4.69) is 30.6 Å². The molecule has 6 amide bonds. The summed E-state index contributed by atoms with van der Waals surface area (Å²) < 4.78 is 116. The van der Waals surface area contributed by atoms with Gasteiger partial charge in [0.05, 0.1) is 31.5 Å². The van der Waals surface area contributed by atoms with Crippen LogP contribution < -0.4 is 38.5 Å². The van der Waals surface area contributed by atoms with Gasteiger partial charge in [0.2, 0.25) is 11.8 Å². The van der Waals surface area contributed by atoms with Crippen LogP contribution >= 0.6 is 22.7 Å². The normalized spacial score (nSPS) is 15.5. The van der Waals surface area contributed by atoms with Crippen molar-refractivity contribution in [3.05, 3.63) is 166 Å². The van der Waals surface area contributed by atoms with Gasteiger partial charge in [0.25, 0.3) is 0 Å². The Morgan fingerprint density at radius 2 is 0.950 bits per heavy atom. The van der Waals surface area contributed by atoms with Gasteiger partial charge in [0.1, 0.15) is 47.0 Å². The standard InChI is InChI=1S/2C26H24F2N6O4S2/c2*1-15-8-17-4-3-7-29-24(17)34(15)40(37,38)32-26(36)31-22(11-16-9-18(27)12-19(28)10-16)25(35)33(2)20-5-6-23-21(13-20)30-14-39-23/h2*3-7,9-10,12-15,22H,8,11H2,1-2H3,(H2,31,32,36)/t2*15?,22-/m00/s1. The molecular formula is C52H48F4N12O8S4. The minimum atomic E-state index is -4.41. The van der Waals surface area contributed by atoms with Gasteiger partial charge in [-0.05, 0) is 122 Å². The van der Waals surface area contributed by atoms with E-state index < -0.39 is 91.7 Å². The first-order valence-electron chi connectivity index (χ1n) is 24.3. The van der Waals surface area contributed by atoms with E-state index in [4.69, 9.17) is 0 Å². The number of benzene rings is 4. The number of carbonyl (C=O) groups excluding carboxylic acids is 4. The zero-order chi connectivity index (χ0) is 57.2. The van der Waals surface area contributed by atoms with E-state index in [1.54, 1.807) is 85.5 Å². The van der Waals surface area contributed by atoms with E-state index in [0.29, 0.717) is 58.5 Å². The molecule has 10 rings (SSSR count).